The van der Waals surface area contributed by atoms with E-state index in [9.17, 15) is 4.39 Å². The SMILES string of the molecule is Fc1ccc2nnc(C3CCCCC3)n2c1. The molecule has 0 aromatic carbocycles. The average Bonchev–Trinajstić information content (AvgIpc) is 2.73. The smallest absolute Gasteiger partial charge is 0.160 e. The number of aromatic nitrogens is 3. The van der Waals surface area contributed by atoms with Crippen molar-refractivity contribution in [3.8, 4) is 0 Å². The van der Waals surface area contributed by atoms with Crippen molar-refractivity contribution in [3.05, 3.63) is 30.0 Å². The number of fused-ring (bicyclic) bond motifs is 1. The molecule has 0 amide bonds. The summed E-state index contributed by atoms with van der Waals surface area (Å²) >= 11 is 0. The van der Waals surface area contributed by atoms with Gasteiger partial charge in [-0.2, -0.15) is 0 Å². The number of halogens is 1. The predicted octanol–water partition coefficient (Wildman–Crippen LogP) is 2.92. The van der Waals surface area contributed by atoms with E-state index >= 15 is 0 Å². The van der Waals surface area contributed by atoms with Crippen molar-refractivity contribution in [2.45, 2.75) is 38.0 Å². The lowest BCUT2D eigenvalue weighted by Crippen LogP contribution is -2.08. The number of hydrogen-bond donors (Lipinski definition) is 0. The maximum Gasteiger partial charge on any atom is 0.160 e. The zero-order chi connectivity index (χ0) is 11.0. The zero-order valence-corrected chi connectivity index (χ0v) is 9.06. The summed E-state index contributed by atoms with van der Waals surface area (Å²) < 4.78 is 15.0. The molecule has 1 aliphatic carbocycles. The minimum absolute atomic E-state index is 0.232. The van der Waals surface area contributed by atoms with Crippen LogP contribution in [0.5, 0.6) is 0 Å². The maximum atomic E-state index is 13.2. The van der Waals surface area contributed by atoms with Crippen LogP contribution in [0, 0.1) is 5.82 Å². The van der Waals surface area contributed by atoms with Crippen LogP contribution in [0.3, 0.4) is 0 Å². The maximum absolute atomic E-state index is 13.2. The summed E-state index contributed by atoms with van der Waals surface area (Å²) in [4.78, 5) is 0. The van der Waals surface area contributed by atoms with E-state index < -0.39 is 0 Å². The fourth-order valence-electron chi connectivity index (χ4n) is 2.52. The van der Waals surface area contributed by atoms with Gasteiger partial charge >= 0.3 is 0 Å². The van der Waals surface area contributed by atoms with E-state index in [1.807, 2.05) is 0 Å². The van der Waals surface area contributed by atoms with Crippen molar-refractivity contribution < 1.29 is 4.39 Å². The Balaban J connectivity index is 2.05. The molecule has 0 saturated heterocycles. The van der Waals surface area contributed by atoms with Crippen molar-refractivity contribution in [2.75, 3.05) is 0 Å². The van der Waals surface area contributed by atoms with Gasteiger partial charge in [0.05, 0.1) is 0 Å². The molecule has 1 saturated carbocycles. The van der Waals surface area contributed by atoms with E-state index in [1.165, 1.54) is 31.5 Å². The third-order valence-electron chi connectivity index (χ3n) is 3.36. The quantitative estimate of drug-likeness (QED) is 0.738. The van der Waals surface area contributed by atoms with Crippen molar-refractivity contribution in [1.82, 2.24) is 14.6 Å². The van der Waals surface area contributed by atoms with Gasteiger partial charge in [0, 0.05) is 12.1 Å². The molecule has 0 radical (unpaired) electrons. The monoisotopic (exact) mass is 219 g/mol. The summed E-state index contributed by atoms with van der Waals surface area (Å²) in [5.41, 5.74) is 0.738. The first-order valence-corrected chi connectivity index (χ1v) is 5.85. The second kappa shape index (κ2) is 3.85. The van der Waals surface area contributed by atoms with Crippen LogP contribution in [0.25, 0.3) is 5.65 Å². The van der Waals surface area contributed by atoms with Crippen molar-refractivity contribution in [2.24, 2.45) is 0 Å². The fraction of sp³-hybridized carbons (Fsp3) is 0.500. The summed E-state index contributed by atoms with van der Waals surface area (Å²) in [7, 11) is 0. The van der Waals surface area contributed by atoms with Gasteiger partial charge in [0.2, 0.25) is 0 Å². The molecule has 2 aromatic heterocycles. The number of hydrogen-bond acceptors (Lipinski definition) is 2. The first kappa shape index (κ1) is 9.75. The van der Waals surface area contributed by atoms with E-state index in [0.29, 0.717) is 5.92 Å². The average molecular weight is 219 g/mol. The Morgan fingerprint density at radius 2 is 1.94 bits per heavy atom. The summed E-state index contributed by atoms with van der Waals surface area (Å²) in [6.45, 7) is 0. The third kappa shape index (κ3) is 1.58. The first-order chi connectivity index (χ1) is 7.84. The van der Waals surface area contributed by atoms with Gasteiger partial charge in [-0.05, 0) is 25.0 Å². The highest BCUT2D eigenvalue weighted by Crippen LogP contribution is 2.31. The minimum Gasteiger partial charge on any atom is -0.283 e. The van der Waals surface area contributed by atoms with Crippen molar-refractivity contribution in [1.29, 1.82) is 0 Å². The normalized spacial score (nSPS) is 18.1. The van der Waals surface area contributed by atoms with Gasteiger partial charge in [-0.3, -0.25) is 4.40 Å². The summed E-state index contributed by atoms with van der Waals surface area (Å²) in [6.07, 6.45) is 7.58. The fourth-order valence-corrected chi connectivity index (χ4v) is 2.52. The molecule has 0 N–H and O–H groups in total. The molecular formula is C12H14FN3. The molecule has 0 aliphatic heterocycles. The van der Waals surface area contributed by atoms with E-state index in [0.717, 1.165) is 24.3 Å². The molecule has 0 spiro atoms. The molecule has 0 unspecified atom stereocenters. The number of rotatable bonds is 1. The van der Waals surface area contributed by atoms with Crippen LogP contribution in [-0.2, 0) is 0 Å². The van der Waals surface area contributed by atoms with E-state index in [1.54, 1.807) is 10.5 Å². The van der Waals surface area contributed by atoms with Gasteiger partial charge in [-0.15, -0.1) is 10.2 Å². The third-order valence-corrected chi connectivity index (χ3v) is 3.36. The zero-order valence-electron chi connectivity index (χ0n) is 9.06. The van der Waals surface area contributed by atoms with Crippen molar-refractivity contribution >= 4 is 5.65 Å². The van der Waals surface area contributed by atoms with Crippen LogP contribution in [0.15, 0.2) is 18.3 Å². The van der Waals surface area contributed by atoms with Gasteiger partial charge in [-0.25, -0.2) is 4.39 Å². The first-order valence-electron chi connectivity index (χ1n) is 5.85. The van der Waals surface area contributed by atoms with Crippen molar-refractivity contribution in [3.63, 3.8) is 0 Å². The molecule has 84 valence electrons. The Morgan fingerprint density at radius 3 is 2.75 bits per heavy atom. The molecule has 0 atom stereocenters. The van der Waals surface area contributed by atoms with E-state index in [2.05, 4.69) is 10.2 Å². The summed E-state index contributed by atoms with van der Waals surface area (Å²) in [5, 5.41) is 8.29. The van der Waals surface area contributed by atoms with Gasteiger partial charge in [0.1, 0.15) is 11.6 Å². The van der Waals surface area contributed by atoms with Crippen LogP contribution in [0.2, 0.25) is 0 Å². The van der Waals surface area contributed by atoms with E-state index in [4.69, 9.17) is 0 Å². The Hall–Kier alpha value is -1.45. The molecule has 1 aliphatic rings. The molecule has 16 heavy (non-hydrogen) atoms. The lowest BCUT2D eigenvalue weighted by molar-refractivity contribution is 0.426. The summed E-state index contributed by atoms with van der Waals surface area (Å²) in [6, 6.07) is 3.10. The Morgan fingerprint density at radius 1 is 1.12 bits per heavy atom. The molecule has 2 heterocycles. The lowest BCUT2D eigenvalue weighted by Gasteiger charge is -2.19. The van der Waals surface area contributed by atoms with Gasteiger partial charge in [-0.1, -0.05) is 19.3 Å². The topological polar surface area (TPSA) is 30.2 Å². The van der Waals surface area contributed by atoms with Gasteiger partial charge in [0.15, 0.2) is 5.65 Å². The molecule has 1 fully saturated rings. The molecule has 0 bridgehead atoms. The van der Waals surface area contributed by atoms with Gasteiger partial charge in [0.25, 0.3) is 0 Å². The second-order valence-corrected chi connectivity index (χ2v) is 4.47. The van der Waals surface area contributed by atoms with Crippen LogP contribution in [-0.4, -0.2) is 14.6 Å². The molecular weight excluding hydrogens is 205 g/mol. The largest absolute Gasteiger partial charge is 0.283 e. The van der Waals surface area contributed by atoms with Crippen LogP contribution in [0.1, 0.15) is 43.8 Å². The van der Waals surface area contributed by atoms with Crippen LogP contribution < -0.4 is 0 Å². The molecule has 3 rings (SSSR count). The highest BCUT2D eigenvalue weighted by molar-refractivity contribution is 5.38. The predicted molar refractivity (Wildman–Crippen MR) is 58.8 cm³/mol. The minimum atomic E-state index is -0.232. The van der Waals surface area contributed by atoms with Crippen LogP contribution in [0.4, 0.5) is 4.39 Å². The molecule has 3 nitrogen and oxygen atoms in total. The highest BCUT2D eigenvalue weighted by Gasteiger charge is 2.20. The lowest BCUT2D eigenvalue weighted by atomic mass is 9.89. The Kier molecular flexibility index (Phi) is 2.35. The number of pyridine rings is 1. The van der Waals surface area contributed by atoms with E-state index in [-0.39, 0.29) is 5.82 Å². The number of nitrogens with zero attached hydrogens (tertiary/aromatic N) is 3. The Labute approximate surface area is 93.3 Å². The molecule has 4 heteroatoms. The highest BCUT2D eigenvalue weighted by atomic mass is 19.1. The Bertz CT molecular complexity index is 500. The van der Waals surface area contributed by atoms with Crippen LogP contribution >= 0.6 is 0 Å². The summed E-state index contributed by atoms with van der Waals surface area (Å²) in [5.74, 6) is 1.14. The standard InChI is InChI=1S/C12H14FN3/c13-10-6-7-11-14-15-12(16(11)8-10)9-4-2-1-3-5-9/h6-9H,1-5H2. The second-order valence-electron chi connectivity index (χ2n) is 4.47. The molecule has 2 aromatic rings. The van der Waals surface area contributed by atoms with Gasteiger partial charge < -0.3 is 0 Å².